The second-order valence-corrected chi connectivity index (χ2v) is 7.66. The molecule has 8 heteroatoms. The van der Waals surface area contributed by atoms with Crippen molar-refractivity contribution >= 4 is 50.5 Å². The van der Waals surface area contributed by atoms with Crippen LogP contribution in [0.1, 0.15) is 5.56 Å². The van der Waals surface area contributed by atoms with Gasteiger partial charge in [-0.3, -0.25) is 9.69 Å². The Morgan fingerprint density at radius 3 is 2.29 bits per heavy atom. The summed E-state index contributed by atoms with van der Waals surface area (Å²) in [7, 11) is 6.48. The molecule has 0 spiro atoms. The maximum Gasteiger partial charge on any atom is 0.266 e. The monoisotopic (exact) mass is 462 g/mol. The van der Waals surface area contributed by atoms with Crippen molar-refractivity contribution in [3.63, 3.8) is 0 Å². The van der Waals surface area contributed by atoms with Crippen LogP contribution in [0.4, 0.5) is 5.69 Å². The Morgan fingerprint density at radius 1 is 1.04 bits per heavy atom. The molecular formula is C20H19BrN2O4S. The number of likely N-dealkylation sites (N-methyl/N-ethyl adjacent to an activating group) is 1. The maximum atomic E-state index is 12.7. The molecule has 3 rings (SSSR count). The van der Waals surface area contributed by atoms with Crippen LogP contribution in [0.25, 0.3) is 6.08 Å². The summed E-state index contributed by atoms with van der Waals surface area (Å²) >= 11 is 4.84. The zero-order valence-electron chi connectivity index (χ0n) is 15.9. The van der Waals surface area contributed by atoms with Gasteiger partial charge in [-0.1, -0.05) is 15.9 Å². The van der Waals surface area contributed by atoms with E-state index in [2.05, 4.69) is 20.9 Å². The lowest BCUT2D eigenvalue weighted by Gasteiger charge is -2.10. The highest BCUT2D eigenvalue weighted by Crippen LogP contribution is 2.38. The van der Waals surface area contributed by atoms with E-state index in [1.165, 1.54) is 16.7 Å². The van der Waals surface area contributed by atoms with Crippen molar-refractivity contribution in [1.82, 2.24) is 4.90 Å². The number of ether oxygens (including phenoxy) is 3. The minimum Gasteiger partial charge on any atom is -0.497 e. The van der Waals surface area contributed by atoms with E-state index in [1.807, 2.05) is 42.5 Å². The Labute approximate surface area is 176 Å². The minimum absolute atomic E-state index is 0.112. The molecule has 1 heterocycles. The molecule has 0 unspecified atom stereocenters. The first-order valence-electron chi connectivity index (χ1n) is 8.28. The maximum absolute atomic E-state index is 12.7. The van der Waals surface area contributed by atoms with Crippen molar-refractivity contribution in [1.29, 1.82) is 0 Å². The molecule has 0 bridgehead atoms. The molecule has 2 aromatic rings. The average molecular weight is 463 g/mol. The number of carbonyl (C=O) groups is 1. The topological polar surface area (TPSA) is 60.4 Å². The molecule has 0 atom stereocenters. The van der Waals surface area contributed by atoms with Gasteiger partial charge in [-0.25, -0.2) is 4.99 Å². The van der Waals surface area contributed by atoms with Gasteiger partial charge >= 0.3 is 0 Å². The number of hydrogen-bond donors (Lipinski definition) is 0. The Balaban J connectivity index is 1.91. The van der Waals surface area contributed by atoms with Crippen molar-refractivity contribution in [3.8, 4) is 17.2 Å². The quantitative estimate of drug-likeness (QED) is 0.602. The molecule has 1 saturated heterocycles. The van der Waals surface area contributed by atoms with Gasteiger partial charge in [0.25, 0.3) is 5.91 Å². The molecule has 2 aromatic carbocycles. The largest absolute Gasteiger partial charge is 0.497 e. The molecule has 146 valence electrons. The standard InChI is InChI=1S/C20H19BrN2O4S/c1-23-19(24)18(10-12-9-16(26-3)17(27-4)11-15(12)21)28-20(23)22-13-5-7-14(25-2)8-6-13/h5-11H,1-4H3/b18-10+,22-20?. The molecule has 1 aliphatic heterocycles. The Morgan fingerprint density at radius 2 is 1.68 bits per heavy atom. The van der Waals surface area contributed by atoms with Crippen LogP contribution in [0.3, 0.4) is 0 Å². The van der Waals surface area contributed by atoms with Gasteiger partial charge in [0.05, 0.1) is 31.9 Å². The molecule has 1 aliphatic rings. The summed E-state index contributed by atoms with van der Waals surface area (Å²) < 4.78 is 16.6. The molecule has 0 aromatic heterocycles. The molecule has 1 amide bonds. The van der Waals surface area contributed by atoms with E-state index >= 15 is 0 Å². The lowest BCUT2D eigenvalue weighted by atomic mass is 10.2. The Bertz CT molecular complexity index is 957. The number of benzene rings is 2. The van der Waals surface area contributed by atoms with Crippen LogP contribution in [-0.4, -0.2) is 44.4 Å². The lowest BCUT2D eigenvalue weighted by Crippen LogP contribution is -2.23. The number of rotatable bonds is 5. The van der Waals surface area contributed by atoms with Crippen molar-refractivity contribution in [2.75, 3.05) is 28.4 Å². The summed E-state index contributed by atoms with van der Waals surface area (Å²) in [6.07, 6.45) is 1.81. The van der Waals surface area contributed by atoms with E-state index in [0.29, 0.717) is 21.6 Å². The second-order valence-electron chi connectivity index (χ2n) is 5.80. The van der Waals surface area contributed by atoms with Crippen LogP contribution in [0.15, 0.2) is 50.8 Å². The van der Waals surface area contributed by atoms with E-state index in [1.54, 1.807) is 28.4 Å². The van der Waals surface area contributed by atoms with E-state index < -0.39 is 0 Å². The molecule has 1 fully saturated rings. The van der Waals surface area contributed by atoms with E-state index in [9.17, 15) is 4.79 Å². The van der Waals surface area contributed by atoms with Crippen molar-refractivity contribution in [2.45, 2.75) is 0 Å². The van der Waals surface area contributed by atoms with Crippen LogP contribution < -0.4 is 14.2 Å². The molecule has 0 N–H and O–H groups in total. The molecule has 0 aliphatic carbocycles. The number of amidine groups is 1. The van der Waals surface area contributed by atoms with Gasteiger partial charge in [-0.15, -0.1) is 0 Å². The van der Waals surface area contributed by atoms with Gasteiger partial charge in [0, 0.05) is 11.5 Å². The molecule has 28 heavy (non-hydrogen) atoms. The number of halogens is 1. The predicted octanol–water partition coefficient (Wildman–Crippen LogP) is 4.71. The fraction of sp³-hybridized carbons (Fsp3) is 0.200. The predicted molar refractivity (Wildman–Crippen MR) is 116 cm³/mol. The number of hydrogen-bond acceptors (Lipinski definition) is 6. The van der Waals surface area contributed by atoms with E-state index in [-0.39, 0.29) is 5.91 Å². The van der Waals surface area contributed by atoms with Gasteiger partial charge in [0.15, 0.2) is 16.7 Å². The lowest BCUT2D eigenvalue weighted by molar-refractivity contribution is -0.121. The summed E-state index contributed by atoms with van der Waals surface area (Å²) in [4.78, 5) is 19.3. The number of carbonyl (C=O) groups excluding carboxylic acids is 1. The Kier molecular flexibility index (Phi) is 6.31. The third-order valence-electron chi connectivity index (χ3n) is 4.09. The molecule has 0 radical (unpaired) electrons. The second kappa shape index (κ2) is 8.70. The summed E-state index contributed by atoms with van der Waals surface area (Å²) in [5.41, 5.74) is 1.56. The zero-order valence-corrected chi connectivity index (χ0v) is 18.3. The summed E-state index contributed by atoms with van der Waals surface area (Å²) in [6, 6.07) is 11.0. The fourth-order valence-electron chi connectivity index (χ4n) is 2.54. The first-order chi connectivity index (χ1) is 13.5. The average Bonchev–Trinajstić information content (AvgIpc) is 2.97. The highest BCUT2D eigenvalue weighted by molar-refractivity contribution is 9.10. The normalized spacial score (nSPS) is 16.8. The van der Waals surface area contributed by atoms with Crippen molar-refractivity contribution in [3.05, 3.63) is 51.3 Å². The highest BCUT2D eigenvalue weighted by atomic mass is 79.9. The molecule has 6 nitrogen and oxygen atoms in total. The Hall–Kier alpha value is -2.45. The summed E-state index contributed by atoms with van der Waals surface area (Å²) in [5, 5.41) is 0.609. The van der Waals surface area contributed by atoms with Gasteiger partial charge in [0.1, 0.15) is 5.75 Å². The zero-order chi connectivity index (χ0) is 20.3. The molecular weight excluding hydrogens is 444 g/mol. The first-order valence-corrected chi connectivity index (χ1v) is 9.89. The van der Waals surface area contributed by atoms with Gasteiger partial charge < -0.3 is 14.2 Å². The van der Waals surface area contributed by atoms with Gasteiger partial charge in [-0.2, -0.15) is 0 Å². The van der Waals surface area contributed by atoms with Crippen molar-refractivity contribution < 1.29 is 19.0 Å². The minimum atomic E-state index is -0.112. The van der Waals surface area contributed by atoms with Crippen LogP contribution in [0, 0.1) is 0 Å². The number of amides is 1. The smallest absolute Gasteiger partial charge is 0.266 e. The van der Waals surface area contributed by atoms with E-state index in [0.717, 1.165) is 21.5 Å². The highest BCUT2D eigenvalue weighted by Gasteiger charge is 2.30. The number of methoxy groups -OCH3 is 3. The van der Waals surface area contributed by atoms with E-state index in [4.69, 9.17) is 14.2 Å². The van der Waals surface area contributed by atoms with Gasteiger partial charge in [0.2, 0.25) is 0 Å². The van der Waals surface area contributed by atoms with Gasteiger partial charge in [-0.05, 0) is 59.8 Å². The SMILES string of the molecule is COc1ccc(N=C2S/C(=C/c3cc(OC)c(OC)cc3Br)C(=O)N2C)cc1. The first kappa shape index (κ1) is 20.3. The van der Waals surface area contributed by atoms with Crippen LogP contribution >= 0.6 is 27.7 Å². The number of thioether (sulfide) groups is 1. The van der Waals surface area contributed by atoms with Crippen LogP contribution in [0.2, 0.25) is 0 Å². The summed E-state index contributed by atoms with van der Waals surface area (Å²) in [5.74, 6) is 1.85. The fourth-order valence-corrected chi connectivity index (χ4v) is 3.96. The van der Waals surface area contributed by atoms with Crippen LogP contribution in [0.5, 0.6) is 17.2 Å². The van der Waals surface area contributed by atoms with Crippen LogP contribution in [-0.2, 0) is 4.79 Å². The molecule has 0 saturated carbocycles. The third kappa shape index (κ3) is 4.18. The number of aliphatic imine (C=N–C) groups is 1. The summed E-state index contributed by atoms with van der Waals surface area (Å²) in [6.45, 7) is 0. The number of nitrogens with zero attached hydrogens (tertiary/aromatic N) is 2. The third-order valence-corrected chi connectivity index (χ3v) is 5.84. The van der Waals surface area contributed by atoms with Crippen molar-refractivity contribution in [2.24, 2.45) is 4.99 Å².